The molecule has 1 aliphatic heterocycles. The summed E-state index contributed by atoms with van der Waals surface area (Å²) < 4.78 is 6.72. The van der Waals surface area contributed by atoms with E-state index in [1.807, 2.05) is 18.1 Å². The number of fused-ring (bicyclic) bond motifs is 1. The average molecular weight is 326 g/mol. The minimum atomic E-state index is 0.0267. The van der Waals surface area contributed by atoms with Crippen molar-refractivity contribution in [2.45, 2.75) is 18.9 Å². The third-order valence-corrected chi connectivity index (χ3v) is 4.32. The number of aryl methyl sites for hydroxylation is 1. The lowest BCUT2D eigenvalue weighted by Crippen LogP contribution is -2.42. The van der Waals surface area contributed by atoms with Crippen LogP contribution in [-0.4, -0.2) is 49.7 Å². The lowest BCUT2D eigenvalue weighted by Gasteiger charge is -2.32. The quantitative estimate of drug-likeness (QED) is 0.787. The van der Waals surface area contributed by atoms with Crippen LogP contribution in [0.25, 0.3) is 11.0 Å². The largest absolute Gasteiger partial charge is 0.472 e. The van der Waals surface area contributed by atoms with E-state index in [0.717, 1.165) is 24.0 Å². The molecule has 0 atom stereocenters. The van der Waals surface area contributed by atoms with E-state index in [9.17, 15) is 4.79 Å². The molecule has 0 saturated carbocycles. The number of hydrogen-bond acceptors (Lipinski definition) is 6. The second-order valence-corrected chi connectivity index (χ2v) is 5.99. The van der Waals surface area contributed by atoms with Crippen LogP contribution in [0, 0.1) is 0 Å². The third kappa shape index (κ3) is 2.70. The number of carbonyl (C=O) groups is 1. The van der Waals surface area contributed by atoms with E-state index in [0.29, 0.717) is 24.3 Å². The number of amides is 1. The fourth-order valence-corrected chi connectivity index (χ4v) is 3.05. The van der Waals surface area contributed by atoms with Crippen molar-refractivity contribution in [3.63, 3.8) is 0 Å². The van der Waals surface area contributed by atoms with Gasteiger partial charge in [0.2, 0.25) is 0 Å². The molecule has 4 rings (SSSR count). The topological polar surface area (TPSA) is 89.1 Å². The van der Waals surface area contributed by atoms with E-state index >= 15 is 0 Å². The first kappa shape index (κ1) is 14.7. The fraction of sp³-hybridized carbons (Fsp3) is 0.375. The number of hydrogen-bond donors (Lipinski definition) is 1. The Morgan fingerprint density at radius 1 is 1.33 bits per heavy atom. The van der Waals surface area contributed by atoms with Gasteiger partial charge in [0, 0.05) is 32.4 Å². The number of likely N-dealkylation sites (tertiary alicyclic amines) is 1. The summed E-state index contributed by atoms with van der Waals surface area (Å²) in [6.45, 7) is 1.42. The van der Waals surface area contributed by atoms with E-state index in [1.54, 1.807) is 10.7 Å². The van der Waals surface area contributed by atoms with Crippen molar-refractivity contribution >= 4 is 22.8 Å². The number of rotatable bonds is 3. The van der Waals surface area contributed by atoms with Gasteiger partial charge < -0.3 is 14.6 Å². The van der Waals surface area contributed by atoms with Crippen LogP contribution < -0.4 is 5.32 Å². The van der Waals surface area contributed by atoms with Crippen LogP contribution in [0.3, 0.4) is 0 Å². The zero-order valence-corrected chi connectivity index (χ0v) is 13.3. The van der Waals surface area contributed by atoms with Crippen LogP contribution in [0.5, 0.6) is 0 Å². The van der Waals surface area contributed by atoms with E-state index in [1.165, 1.54) is 18.9 Å². The Labute approximate surface area is 138 Å². The molecule has 0 aromatic carbocycles. The van der Waals surface area contributed by atoms with Gasteiger partial charge in [-0.25, -0.2) is 9.97 Å². The molecule has 3 aromatic rings. The predicted molar refractivity (Wildman–Crippen MR) is 87.6 cm³/mol. The summed E-state index contributed by atoms with van der Waals surface area (Å²) in [5.41, 5.74) is 1.29. The molecule has 1 amide bonds. The normalized spacial score (nSPS) is 15.8. The molecule has 0 radical (unpaired) electrons. The molecule has 1 aliphatic rings. The van der Waals surface area contributed by atoms with E-state index in [4.69, 9.17) is 4.42 Å². The number of anilines is 1. The molecule has 1 saturated heterocycles. The molecular weight excluding hydrogens is 308 g/mol. The highest BCUT2D eigenvalue weighted by molar-refractivity contribution is 5.93. The fourth-order valence-electron chi connectivity index (χ4n) is 3.05. The van der Waals surface area contributed by atoms with Gasteiger partial charge in [-0.05, 0) is 18.9 Å². The number of aromatic nitrogens is 4. The molecule has 0 spiro atoms. The Bertz CT molecular complexity index is 849. The van der Waals surface area contributed by atoms with Gasteiger partial charge in [-0.15, -0.1) is 0 Å². The van der Waals surface area contributed by atoms with Crippen molar-refractivity contribution in [1.82, 2.24) is 24.6 Å². The predicted octanol–water partition coefficient (Wildman–Crippen LogP) is 1.67. The van der Waals surface area contributed by atoms with Crippen LogP contribution in [0.1, 0.15) is 23.2 Å². The summed E-state index contributed by atoms with van der Waals surface area (Å²) >= 11 is 0. The summed E-state index contributed by atoms with van der Waals surface area (Å²) in [7, 11) is 1.87. The van der Waals surface area contributed by atoms with Crippen LogP contribution in [-0.2, 0) is 7.05 Å². The van der Waals surface area contributed by atoms with Crippen LogP contribution in [0.4, 0.5) is 5.82 Å². The second kappa shape index (κ2) is 5.95. The highest BCUT2D eigenvalue weighted by atomic mass is 16.3. The molecule has 8 heteroatoms. The number of nitrogens with zero attached hydrogens (tertiary/aromatic N) is 5. The maximum Gasteiger partial charge on any atom is 0.257 e. The Morgan fingerprint density at radius 3 is 2.92 bits per heavy atom. The Kier molecular flexibility index (Phi) is 3.64. The molecule has 0 aliphatic carbocycles. The van der Waals surface area contributed by atoms with Gasteiger partial charge in [0.05, 0.1) is 17.2 Å². The lowest BCUT2D eigenvalue weighted by molar-refractivity contribution is 0.0717. The van der Waals surface area contributed by atoms with Crippen molar-refractivity contribution in [2.75, 3.05) is 18.4 Å². The molecule has 24 heavy (non-hydrogen) atoms. The minimum absolute atomic E-state index is 0.0267. The number of furan rings is 1. The van der Waals surface area contributed by atoms with Gasteiger partial charge in [0.15, 0.2) is 5.65 Å². The number of piperidine rings is 1. The van der Waals surface area contributed by atoms with Gasteiger partial charge in [-0.2, -0.15) is 5.10 Å². The van der Waals surface area contributed by atoms with Gasteiger partial charge >= 0.3 is 0 Å². The molecule has 0 bridgehead atoms. The highest BCUT2D eigenvalue weighted by Crippen LogP contribution is 2.22. The Morgan fingerprint density at radius 2 is 2.17 bits per heavy atom. The second-order valence-electron chi connectivity index (χ2n) is 5.99. The van der Waals surface area contributed by atoms with Crippen LogP contribution in [0.2, 0.25) is 0 Å². The molecule has 0 unspecified atom stereocenters. The van der Waals surface area contributed by atoms with Crippen molar-refractivity contribution in [2.24, 2.45) is 7.05 Å². The van der Waals surface area contributed by atoms with Crippen LogP contribution in [0.15, 0.2) is 35.5 Å². The zero-order valence-electron chi connectivity index (χ0n) is 13.3. The molecule has 1 fully saturated rings. The SMILES string of the molecule is Cn1cc2c(NC3CCN(C(=O)c4ccoc4)CC3)ncnc2n1. The summed E-state index contributed by atoms with van der Waals surface area (Å²) in [5.74, 6) is 0.826. The van der Waals surface area contributed by atoms with Crippen molar-refractivity contribution in [3.05, 3.63) is 36.7 Å². The first-order valence-electron chi connectivity index (χ1n) is 7.93. The molecule has 4 heterocycles. The van der Waals surface area contributed by atoms with E-state index in [-0.39, 0.29) is 11.9 Å². The minimum Gasteiger partial charge on any atom is -0.472 e. The molecule has 8 nitrogen and oxygen atoms in total. The van der Waals surface area contributed by atoms with Crippen molar-refractivity contribution in [3.8, 4) is 0 Å². The third-order valence-electron chi connectivity index (χ3n) is 4.32. The Balaban J connectivity index is 1.42. The zero-order chi connectivity index (χ0) is 16.5. The number of nitrogens with one attached hydrogen (secondary N) is 1. The van der Waals surface area contributed by atoms with Crippen molar-refractivity contribution < 1.29 is 9.21 Å². The van der Waals surface area contributed by atoms with Crippen molar-refractivity contribution in [1.29, 1.82) is 0 Å². The molecule has 1 N–H and O–H groups in total. The van der Waals surface area contributed by atoms with Gasteiger partial charge in [0.25, 0.3) is 5.91 Å². The summed E-state index contributed by atoms with van der Waals surface area (Å²) in [4.78, 5) is 22.7. The van der Waals surface area contributed by atoms with Gasteiger partial charge in [0.1, 0.15) is 18.4 Å². The average Bonchev–Trinajstić information content (AvgIpc) is 3.24. The summed E-state index contributed by atoms with van der Waals surface area (Å²) in [6, 6.07) is 1.98. The molecule has 3 aromatic heterocycles. The number of carbonyl (C=O) groups excluding carboxylic acids is 1. The Hall–Kier alpha value is -2.90. The maximum atomic E-state index is 12.3. The van der Waals surface area contributed by atoms with Gasteiger partial charge in [-0.3, -0.25) is 9.48 Å². The van der Waals surface area contributed by atoms with Gasteiger partial charge in [-0.1, -0.05) is 0 Å². The first-order chi connectivity index (χ1) is 11.7. The summed E-state index contributed by atoms with van der Waals surface area (Å²) in [5, 5.41) is 8.68. The highest BCUT2D eigenvalue weighted by Gasteiger charge is 2.24. The monoisotopic (exact) mass is 326 g/mol. The first-order valence-corrected chi connectivity index (χ1v) is 7.93. The maximum absolute atomic E-state index is 12.3. The van der Waals surface area contributed by atoms with E-state index < -0.39 is 0 Å². The van der Waals surface area contributed by atoms with Crippen LogP contribution >= 0.6 is 0 Å². The molecular formula is C16H18N6O2. The molecule has 124 valence electrons. The standard InChI is InChI=1S/C16H18N6O2/c1-21-8-13-14(17-10-18-15(13)20-21)19-12-2-5-22(6-3-12)16(23)11-4-7-24-9-11/h4,7-10,12H,2-3,5-6H2,1H3,(H,17,18,19,20). The summed E-state index contributed by atoms with van der Waals surface area (Å²) in [6.07, 6.45) is 8.19. The smallest absolute Gasteiger partial charge is 0.257 e. The lowest BCUT2D eigenvalue weighted by atomic mass is 10.0. The van der Waals surface area contributed by atoms with E-state index in [2.05, 4.69) is 20.4 Å².